The number of hydrogen-bond acceptors (Lipinski definition) is 4. The maximum atomic E-state index is 13.5. The molecule has 1 aliphatic rings. The molecule has 0 fully saturated rings. The number of fused-ring (bicyclic) bond motifs is 2. The Morgan fingerprint density at radius 3 is 2.73 bits per heavy atom. The molecule has 2 aromatic carbocycles. The van der Waals surface area contributed by atoms with E-state index in [1.807, 2.05) is 46.0 Å². The van der Waals surface area contributed by atoms with E-state index in [1.165, 1.54) is 0 Å². The highest BCUT2D eigenvalue weighted by molar-refractivity contribution is 5.77. The monoisotopic (exact) mass is 446 g/mol. The van der Waals surface area contributed by atoms with Crippen LogP contribution >= 0.6 is 0 Å². The molecule has 1 atom stereocenters. The van der Waals surface area contributed by atoms with Gasteiger partial charge in [0.1, 0.15) is 12.4 Å². The van der Waals surface area contributed by atoms with Gasteiger partial charge < -0.3 is 19.5 Å². The van der Waals surface area contributed by atoms with Crippen molar-refractivity contribution in [2.24, 2.45) is 5.92 Å². The molecule has 0 radical (unpaired) electrons. The van der Waals surface area contributed by atoms with Crippen LogP contribution in [0.5, 0.6) is 5.75 Å². The molecular formula is C27H34N4O2. The number of para-hydroxylation sites is 2. The first-order valence-corrected chi connectivity index (χ1v) is 11.9. The molecule has 174 valence electrons. The van der Waals surface area contributed by atoms with Gasteiger partial charge in [-0.3, -0.25) is 4.79 Å². The molecule has 1 amide bonds. The van der Waals surface area contributed by atoms with Crippen molar-refractivity contribution < 1.29 is 9.53 Å². The molecule has 3 aromatic rings. The van der Waals surface area contributed by atoms with Gasteiger partial charge in [-0.05, 0) is 36.5 Å². The van der Waals surface area contributed by atoms with Crippen LogP contribution in [0.3, 0.4) is 0 Å². The van der Waals surface area contributed by atoms with E-state index in [2.05, 4.69) is 42.3 Å². The highest BCUT2D eigenvalue weighted by atomic mass is 16.5. The minimum absolute atomic E-state index is 0.00459. The van der Waals surface area contributed by atoms with Gasteiger partial charge in [-0.1, -0.05) is 50.2 Å². The highest BCUT2D eigenvalue weighted by Crippen LogP contribution is 2.27. The Hall–Kier alpha value is -3.28. The number of ether oxygens (including phenoxy) is 1. The van der Waals surface area contributed by atoms with Gasteiger partial charge in [-0.25, -0.2) is 4.98 Å². The zero-order valence-electron chi connectivity index (χ0n) is 19.6. The Morgan fingerprint density at radius 1 is 1.15 bits per heavy atom. The van der Waals surface area contributed by atoms with E-state index in [0.717, 1.165) is 42.0 Å². The second-order valence-electron chi connectivity index (χ2n) is 9.14. The van der Waals surface area contributed by atoms with Crippen LogP contribution in [-0.4, -0.2) is 33.0 Å². The first kappa shape index (κ1) is 22.9. The fourth-order valence-corrected chi connectivity index (χ4v) is 4.41. The number of imidazole rings is 1. The number of carbonyl (C=O) groups is 1. The number of aryl methyl sites for hydroxylation is 1. The lowest BCUT2D eigenvalue weighted by Crippen LogP contribution is -2.44. The third kappa shape index (κ3) is 6.15. The van der Waals surface area contributed by atoms with Gasteiger partial charge in [0.25, 0.3) is 0 Å². The zero-order valence-corrected chi connectivity index (χ0v) is 19.6. The van der Waals surface area contributed by atoms with E-state index in [1.54, 1.807) is 12.5 Å². The third-order valence-corrected chi connectivity index (χ3v) is 6.10. The van der Waals surface area contributed by atoms with Gasteiger partial charge in [0.05, 0.1) is 12.4 Å². The summed E-state index contributed by atoms with van der Waals surface area (Å²) in [7, 11) is 0. The van der Waals surface area contributed by atoms with Crippen molar-refractivity contribution in [2.45, 2.75) is 58.8 Å². The summed E-state index contributed by atoms with van der Waals surface area (Å²) in [6.07, 6.45) is 7.68. The van der Waals surface area contributed by atoms with Crippen LogP contribution in [0.2, 0.25) is 0 Å². The van der Waals surface area contributed by atoms with E-state index >= 15 is 0 Å². The molecular weight excluding hydrogens is 412 g/mol. The maximum Gasteiger partial charge on any atom is 0.223 e. The van der Waals surface area contributed by atoms with Crippen molar-refractivity contribution in [1.29, 1.82) is 0 Å². The minimum Gasteiger partial charge on any atom is -0.491 e. The average molecular weight is 447 g/mol. The molecule has 0 unspecified atom stereocenters. The molecule has 1 N–H and O–H groups in total. The predicted molar refractivity (Wildman–Crippen MR) is 131 cm³/mol. The van der Waals surface area contributed by atoms with Crippen LogP contribution in [0.15, 0.2) is 67.3 Å². The molecule has 0 saturated heterocycles. The number of rotatable bonds is 6. The maximum absolute atomic E-state index is 13.5. The van der Waals surface area contributed by atoms with Crippen molar-refractivity contribution in [3.05, 3.63) is 78.4 Å². The first-order chi connectivity index (χ1) is 16.1. The quantitative estimate of drug-likeness (QED) is 0.572. The lowest BCUT2D eigenvalue weighted by molar-refractivity contribution is -0.135. The minimum atomic E-state index is 0.00459. The van der Waals surface area contributed by atoms with Crippen LogP contribution in [0, 0.1) is 5.92 Å². The number of benzene rings is 2. The molecule has 4 rings (SSSR count). The molecule has 2 heterocycles. The van der Waals surface area contributed by atoms with E-state index in [0.29, 0.717) is 32.0 Å². The molecule has 33 heavy (non-hydrogen) atoms. The Kier molecular flexibility index (Phi) is 7.66. The summed E-state index contributed by atoms with van der Waals surface area (Å²) >= 11 is 0. The summed E-state index contributed by atoms with van der Waals surface area (Å²) in [5.41, 5.74) is 3.32. The predicted octanol–water partition coefficient (Wildman–Crippen LogP) is 5.11. The topological polar surface area (TPSA) is 59.4 Å². The van der Waals surface area contributed by atoms with Crippen LogP contribution < -0.4 is 10.1 Å². The smallest absolute Gasteiger partial charge is 0.223 e. The summed E-state index contributed by atoms with van der Waals surface area (Å²) < 4.78 is 8.35. The molecule has 0 bridgehead atoms. The van der Waals surface area contributed by atoms with E-state index in [4.69, 9.17) is 4.74 Å². The molecule has 1 aliphatic heterocycles. The molecule has 6 heteroatoms. The number of aromatic nitrogens is 2. The fraction of sp³-hybridized carbons (Fsp3) is 0.407. The Bertz CT molecular complexity index is 1030. The Morgan fingerprint density at radius 2 is 1.94 bits per heavy atom. The van der Waals surface area contributed by atoms with Gasteiger partial charge in [-0.2, -0.15) is 0 Å². The highest BCUT2D eigenvalue weighted by Gasteiger charge is 2.27. The van der Waals surface area contributed by atoms with Crippen molar-refractivity contribution in [3.63, 3.8) is 0 Å². The first-order valence-electron chi connectivity index (χ1n) is 11.9. The van der Waals surface area contributed by atoms with Crippen molar-refractivity contribution in [3.8, 4) is 5.75 Å². The van der Waals surface area contributed by atoms with E-state index < -0.39 is 0 Å². The number of nitrogens with zero attached hydrogens (tertiary/aromatic N) is 3. The average Bonchev–Trinajstić information content (AvgIpc) is 3.32. The van der Waals surface area contributed by atoms with E-state index in [9.17, 15) is 4.79 Å². The van der Waals surface area contributed by atoms with Gasteiger partial charge >= 0.3 is 0 Å². The van der Waals surface area contributed by atoms with Crippen molar-refractivity contribution >= 4 is 11.6 Å². The number of carbonyl (C=O) groups excluding carboxylic acids is 1. The van der Waals surface area contributed by atoms with Gasteiger partial charge in [0.2, 0.25) is 5.91 Å². The summed E-state index contributed by atoms with van der Waals surface area (Å²) in [6, 6.07) is 16.5. The van der Waals surface area contributed by atoms with Gasteiger partial charge in [0, 0.05) is 49.7 Å². The molecule has 6 nitrogen and oxygen atoms in total. The van der Waals surface area contributed by atoms with Crippen LogP contribution in [-0.2, 0) is 24.4 Å². The Labute approximate surface area is 196 Å². The molecule has 0 spiro atoms. The lowest BCUT2D eigenvalue weighted by Gasteiger charge is -2.33. The summed E-state index contributed by atoms with van der Waals surface area (Å²) in [4.78, 5) is 19.7. The normalized spacial score (nSPS) is 16.2. The van der Waals surface area contributed by atoms with E-state index in [-0.39, 0.29) is 11.9 Å². The zero-order chi connectivity index (χ0) is 23.0. The second kappa shape index (κ2) is 11.0. The summed E-state index contributed by atoms with van der Waals surface area (Å²) in [6.45, 7) is 6.94. The second-order valence-corrected chi connectivity index (χ2v) is 9.14. The molecule has 1 aromatic heterocycles. The van der Waals surface area contributed by atoms with Gasteiger partial charge in [-0.15, -0.1) is 0 Å². The SMILES string of the molecule is CC(C)C[C@H]1COc2ccccc2CNc2ccccc2CN1C(=O)CCCn1ccnc1. The number of amides is 1. The molecule has 0 saturated carbocycles. The van der Waals surface area contributed by atoms with Crippen LogP contribution in [0.25, 0.3) is 0 Å². The Balaban J connectivity index is 1.61. The number of hydrogen-bond donors (Lipinski definition) is 1. The third-order valence-electron chi connectivity index (χ3n) is 6.10. The largest absolute Gasteiger partial charge is 0.491 e. The number of nitrogens with one attached hydrogen (secondary N) is 1. The van der Waals surface area contributed by atoms with Crippen molar-refractivity contribution in [1.82, 2.24) is 14.5 Å². The summed E-state index contributed by atoms with van der Waals surface area (Å²) in [5, 5.41) is 3.57. The number of anilines is 1. The van der Waals surface area contributed by atoms with Crippen LogP contribution in [0.1, 0.15) is 44.2 Å². The summed E-state index contributed by atoms with van der Waals surface area (Å²) in [5.74, 6) is 1.51. The lowest BCUT2D eigenvalue weighted by atomic mass is 10.0. The fourth-order valence-electron chi connectivity index (χ4n) is 4.41. The van der Waals surface area contributed by atoms with Crippen LogP contribution in [0.4, 0.5) is 5.69 Å². The van der Waals surface area contributed by atoms with Crippen molar-refractivity contribution in [2.75, 3.05) is 11.9 Å². The van der Waals surface area contributed by atoms with Gasteiger partial charge in [0.15, 0.2) is 0 Å². The standard InChI is InChI=1S/C27H34N4O2/c1-21(2)16-24-19-33-26-11-6-4-8-22(26)17-29-25-10-5-3-9-23(25)18-31(24)27(32)12-7-14-30-15-13-28-20-30/h3-6,8-11,13,15,20-21,24,29H,7,12,14,16-19H2,1-2H3/t24-/m0/s1. The molecule has 0 aliphatic carbocycles.